The second-order valence-electron chi connectivity index (χ2n) is 5.88. The van der Waals surface area contributed by atoms with Crippen molar-refractivity contribution in [3.63, 3.8) is 0 Å². The average molecular weight is 350 g/mol. The summed E-state index contributed by atoms with van der Waals surface area (Å²) in [5.74, 6) is -0.415. The van der Waals surface area contributed by atoms with Gasteiger partial charge >= 0.3 is 0 Å². The third-order valence-electron chi connectivity index (χ3n) is 3.70. The van der Waals surface area contributed by atoms with Crippen molar-refractivity contribution < 1.29 is 14.7 Å². The summed E-state index contributed by atoms with van der Waals surface area (Å²) < 4.78 is 1.58. The molecule has 0 bridgehead atoms. The van der Waals surface area contributed by atoms with Gasteiger partial charge in [0.05, 0.1) is 12.7 Å². The lowest BCUT2D eigenvalue weighted by Gasteiger charge is -2.22. The van der Waals surface area contributed by atoms with E-state index in [-0.39, 0.29) is 31.1 Å². The standard InChI is InChI=1S/C17H20ClN3O3/c1-17(24,13-9-20-21(2)10-13)11-19-16(23)8-7-15(22)12-3-5-14(18)6-4-12/h3-6,9-10,24H,7-8,11H2,1-2H3,(H,19,23). The first-order valence-corrected chi connectivity index (χ1v) is 7.93. The predicted molar refractivity (Wildman–Crippen MR) is 90.8 cm³/mol. The lowest BCUT2D eigenvalue weighted by atomic mass is 9.99. The molecule has 2 rings (SSSR count). The van der Waals surface area contributed by atoms with Crippen molar-refractivity contribution in [3.8, 4) is 0 Å². The van der Waals surface area contributed by atoms with Crippen LogP contribution in [-0.2, 0) is 17.4 Å². The summed E-state index contributed by atoms with van der Waals surface area (Å²) in [4.78, 5) is 23.9. The van der Waals surface area contributed by atoms with Crippen molar-refractivity contribution in [1.29, 1.82) is 0 Å². The number of aryl methyl sites for hydroxylation is 1. The van der Waals surface area contributed by atoms with Crippen molar-refractivity contribution in [2.75, 3.05) is 6.54 Å². The predicted octanol–water partition coefficient (Wildman–Crippen LogP) is 2.06. The number of carbonyl (C=O) groups excluding carboxylic acids is 2. The molecule has 24 heavy (non-hydrogen) atoms. The van der Waals surface area contributed by atoms with E-state index in [1.54, 1.807) is 55.3 Å². The van der Waals surface area contributed by atoms with Crippen LogP contribution in [0.15, 0.2) is 36.7 Å². The van der Waals surface area contributed by atoms with Crippen LogP contribution >= 0.6 is 11.6 Å². The second-order valence-corrected chi connectivity index (χ2v) is 6.32. The molecule has 1 amide bonds. The zero-order chi connectivity index (χ0) is 17.7. The fraction of sp³-hybridized carbons (Fsp3) is 0.353. The van der Waals surface area contributed by atoms with Gasteiger partial charge in [-0.3, -0.25) is 14.3 Å². The molecule has 0 aliphatic rings. The number of hydrogen-bond donors (Lipinski definition) is 2. The van der Waals surface area contributed by atoms with Gasteiger partial charge in [-0.1, -0.05) is 11.6 Å². The zero-order valence-corrected chi connectivity index (χ0v) is 14.4. The highest BCUT2D eigenvalue weighted by Crippen LogP contribution is 2.18. The van der Waals surface area contributed by atoms with E-state index in [0.717, 1.165) is 0 Å². The molecule has 1 heterocycles. The van der Waals surface area contributed by atoms with Gasteiger partial charge in [-0.2, -0.15) is 5.10 Å². The van der Waals surface area contributed by atoms with Crippen LogP contribution in [0.3, 0.4) is 0 Å². The molecule has 6 nitrogen and oxygen atoms in total. The number of aliphatic hydroxyl groups is 1. The number of Topliss-reactive ketones (excluding diaryl/α,β-unsaturated/α-hetero) is 1. The maximum absolute atomic E-state index is 12.0. The van der Waals surface area contributed by atoms with Crippen molar-refractivity contribution in [1.82, 2.24) is 15.1 Å². The Morgan fingerprint density at radius 2 is 1.96 bits per heavy atom. The molecule has 1 aromatic carbocycles. The van der Waals surface area contributed by atoms with Crippen LogP contribution in [0.25, 0.3) is 0 Å². The Morgan fingerprint density at radius 1 is 1.29 bits per heavy atom. The summed E-state index contributed by atoms with van der Waals surface area (Å²) in [6, 6.07) is 6.55. The summed E-state index contributed by atoms with van der Waals surface area (Å²) in [6.07, 6.45) is 3.40. The van der Waals surface area contributed by atoms with Gasteiger partial charge < -0.3 is 10.4 Å². The summed E-state index contributed by atoms with van der Waals surface area (Å²) in [6.45, 7) is 1.65. The molecule has 0 aliphatic carbocycles. The Morgan fingerprint density at radius 3 is 2.54 bits per heavy atom. The van der Waals surface area contributed by atoms with Gasteiger partial charge in [-0.05, 0) is 31.2 Å². The number of rotatable bonds is 7. The summed E-state index contributed by atoms with van der Waals surface area (Å²) in [7, 11) is 1.75. The molecule has 0 aliphatic heterocycles. The molecule has 0 saturated carbocycles. The van der Waals surface area contributed by atoms with E-state index in [2.05, 4.69) is 10.4 Å². The van der Waals surface area contributed by atoms with E-state index in [9.17, 15) is 14.7 Å². The van der Waals surface area contributed by atoms with E-state index in [1.807, 2.05) is 0 Å². The van der Waals surface area contributed by atoms with Crippen LogP contribution < -0.4 is 5.32 Å². The maximum Gasteiger partial charge on any atom is 0.220 e. The van der Waals surface area contributed by atoms with Crippen molar-refractivity contribution in [3.05, 3.63) is 52.8 Å². The molecule has 2 aromatic rings. The quantitative estimate of drug-likeness (QED) is 0.749. The molecule has 0 saturated heterocycles. The molecule has 0 fully saturated rings. The van der Waals surface area contributed by atoms with Crippen molar-refractivity contribution in [2.24, 2.45) is 7.05 Å². The van der Waals surface area contributed by atoms with Gasteiger partial charge in [-0.15, -0.1) is 0 Å². The van der Waals surface area contributed by atoms with Crippen LogP contribution in [-0.4, -0.2) is 33.1 Å². The Hall–Kier alpha value is -2.18. The minimum Gasteiger partial charge on any atom is -0.383 e. The molecular formula is C17H20ClN3O3. The number of halogens is 1. The number of benzene rings is 1. The van der Waals surface area contributed by atoms with Crippen molar-refractivity contribution >= 4 is 23.3 Å². The normalized spacial score (nSPS) is 13.3. The van der Waals surface area contributed by atoms with Crippen LogP contribution in [0, 0.1) is 0 Å². The van der Waals surface area contributed by atoms with E-state index in [4.69, 9.17) is 11.6 Å². The molecule has 2 N–H and O–H groups in total. The SMILES string of the molecule is Cn1cc(C(C)(O)CNC(=O)CCC(=O)c2ccc(Cl)cc2)cn1. The molecule has 1 aromatic heterocycles. The number of nitrogens with one attached hydrogen (secondary N) is 1. The molecule has 1 atom stereocenters. The number of aromatic nitrogens is 2. The van der Waals surface area contributed by atoms with Crippen LogP contribution in [0.5, 0.6) is 0 Å². The van der Waals surface area contributed by atoms with Gasteiger partial charge in [-0.25, -0.2) is 0 Å². The highest BCUT2D eigenvalue weighted by molar-refractivity contribution is 6.30. The third kappa shape index (κ3) is 4.91. The minimum absolute atomic E-state index is 0.0483. The highest BCUT2D eigenvalue weighted by Gasteiger charge is 2.25. The lowest BCUT2D eigenvalue weighted by Crippen LogP contribution is -2.38. The molecule has 7 heteroatoms. The largest absolute Gasteiger partial charge is 0.383 e. The van der Waals surface area contributed by atoms with Gasteiger partial charge in [0, 0.05) is 42.2 Å². The Bertz CT molecular complexity index is 723. The smallest absolute Gasteiger partial charge is 0.220 e. The molecule has 1 unspecified atom stereocenters. The van der Waals surface area contributed by atoms with Crippen LogP contribution in [0.4, 0.5) is 0 Å². The Balaban J connectivity index is 1.81. The Kier molecular flexibility index (Phi) is 5.75. The van der Waals surface area contributed by atoms with Gasteiger partial charge in [0.2, 0.25) is 5.91 Å². The molecule has 0 radical (unpaired) electrons. The third-order valence-corrected chi connectivity index (χ3v) is 3.95. The zero-order valence-electron chi connectivity index (χ0n) is 13.6. The Labute approximate surface area is 145 Å². The minimum atomic E-state index is -1.22. The fourth-order valence-corrected chi connectivity index (χ4v) is 2.29. The second kappa shape index (κ2) is 7.59. The summed E-state index contributed by atoms with van der Waals surface area (Å²) >= 11 is 5.77. The van der Waals surface area contributed by atoms with E-state index >= 15 is 0 Å². The number of hydrogen-bond acceptors (Lipinski definition) is 4. The summed E-state index contributed by atoms with van der Waals surface area (Å²) in [5.41, 5.74) is -0.0819. The number of amides is 1. The van der Waals surface area contributed by atoms with E-state index in [1.165, 1.54) is 0 Å². The molecule has 0 spiro atoms. The number of ketones is 1. The molecular weight excluding hydrogens is 330 g/mol. The monoisotopic (exact) mass is 349 g/mol. The first kappa shape index (κ1) is 18.2. The topological polar surface area (TPSA) is 84.2 Å². The first-order valence-electron chi connectivity index (χ1n) is 7.55. The van der Waals surface area contributed by atoms with Gasteiger partial charge in [0.1, 0.15) is 5.60 Å². The highest BCUT2D eigenvalue weighted by atomic mass is 35.5. The number of carbonyl (C=O) groups is 2. The molecule has 128 valence electrons. The van der Waals surface area contributed by atoms with Crippen LogP contribution in [0.1, 0.15) is 35.7 Å². The van der Waals surface area contributed by atoms with E-state index in [0.29, 0.717) is 16.1 Å². The first-order chi connectivity index (χ1) is 11.3. The van der Waals surface area contributed by atoms with Gasteiger partial charge in [0.15, 0.2) is 5.78 Å². The van der Waals surface area contributed by atoms with Crippen LogP contribution in [0.2, 0.25) is 5.02 Å². The average Bonchev–Trinajstić information content (AvgIpc) is 2.99. The summed E-state index contributed by atoms with van der Waals surface area (Å²) in [5, 5.41) is 17.6. The maximum atomic E-state index is 12.0. The number of nitrogens with zero attached hydrogens (tertiary/aromatic N) is 2. The van der Waals surface area contributed by atoms with E-state index < -0.39 is 5.60 Å². The fourth-order valence-electron chi connectivity index (χ4n) is 2.17. The lowest BCUT2D eigenvalue weighted by molar-refractivity contribution is -0.122. The van der Waals surface area contributed by atoms with Crippen molar-refractivity contribution in [2.45, 2.75) is 25.4 Å². The van der Waals surface area contributed by atoms with Gasteiger partial charge in [0.25, 0.3) is 0 Å².